The van der Waals surface area contributed by atoms with Crippen molar-refractivity contribution in [1.82, 2.24) is 0 Å². The van der Waals surface area contributed by atoms with Crippen LogP contribution in [0.25, 0.3) is 0 Å². The first-order chi connectivity index (χ1) is 7.34. The fourth-order valence-electron chi connectivity index (χ4n) is 1.04. The highest BCUT2D eigenvalue weighted by molar-refractivity contribution is 5.25. The molecule has 0 spiro atoms. The van der Waals surface area contributed by atoms with E-state index >= 15 is 0 Å². The van der Waals surface area contributed by atoms with Crippen LogP contribution >= 0.6 is 0 Å². The molecule has 0 bridgehead atoms. The molecule has 0 aliphatic heterocycles. The Morgan fingerprint density at radius 2 is 1.56 bits per heavy atom. The second kappa shape index (κ2) is 4.61. The molecule has 1 aromatic rings. The highest BCUT2D eigenvalue weighted by Gasteiger charge is 2.40. The number of rotatable bonds is 2. The molecule has 0 aromatic heterocycles. The van der Waals surface area contributed by atoms with Crippen LogP contribution in [0.3, 0.4) is 0 Å². The van der Waals surface area contributed by atoms with Crippen molar-refractivity contribution in [3.8, 4) is 0 Å². The molecule has 88 valence electrons. The zero-order chi connectivity index (χ0) is 12.3. The molecule has 1 aromatic carbocycles. The van der Waals surface area contributed by atoms with E-state index in [1.54, 1.807) is 0 Å². The third-order valence-corrected chi connectivity index (χ3v) is 1.81. The van der Waals surface area contributed by atoms with Gasteiger partial charge in [-0.25, -0.2) is 4.39 Å². The lowest BCUT2D eigenvalue weighted by Gasteiger charge is -2.11. The minimum Gasteiger partial charge on any atom is -0.381 e. The van der Waals surface area contributed by atoms with E-state index in [0.717, 1.165) is 0 Å². The molecule has 0 aliphatic rings. The minimum absolute atomic E-state index is 0.153. The van der Waals surface area contributed by atoms with Gasteiger partial charge in [-0.2, -0.15) is 17.6 Å². The van der Waals surface area contributed by atoms with Crippen molar-refractivity contribution in [3.63, 3.8) is 0 Å². The Hall–Kier alpha value is -1.43. The lowest BCUT2D eigenvalue weighted by molar-refractivity contribution is -0.112. The number of hydrogen-bond donors (Lipinski definition) is 1. The van der Waals surface area contributed by atoms with Crippen LogP contribution in [0.1, 0.15) is 11.7 Å². The molecule has 1 N–H and O–H groups in total. The first-order valence-electron chi connectivity index (χ1n) is 4.19. The van der Waals surface area contributed by atoms with E-state index in [1.165, 1.54) is 30.3 Å². The van der Waals surface area contributed by atoms with E-state index in [4.69, 9.17) is 5.11 Å². The lowest BCUT2D eigenvalue weighted by atomic mass is 10.1. The predicted octanol–water partition coefficient (Wildman–Crippen LogP) is 3.43. The monoisotopic (exact) mass is 238 g/mol. The number of benzene rings is 1. The van der Waals surface area contributed by atoms with E-state index in [1.807, 2.05) is 0 Å². The van der Waals surface area contributed by atoms with Gasteiger partial charge < -0.3 is 5.11 Å². The molecule has 1 nitrogen and oxygen atoms in total. The highest BCUT2D eigenvalue weighted by Crippen LogP contribution is 2.35. The molecular formula is C10H7F5O. The number of halogens is 5. The topological polar surface area (TPSA) is 20.2 Å². The van der Waals surface area contributed by atoms with Gasteiger partial charge in [-0.05, 0) is 5.56 Å². The van der Waals surface area contributed by atoms with E-state index < -0.39 is 23.9 Å². The van der Waals surface area contributed by atoms with Crippen LogP contribution in [0.15, 0.2) is 42.0 Å². The first-order valence-corrected chi connectivity index (χ1v) is 4.19. The Balaban J connectivity index is 3.04. The Kier molecular flexibility index (Phi) is 3.64. The van der Waals surface area contributed by atoms with Crippen LogP contribution in [0, 0.1) is 0 Å². The molecule has 0 saturated heterocycles. The molecule has 1 atom stereocenters. The summed E-state index contributed by atoms with van der Waals surface area (Å²) in [6.45, 7) is 0. The zero-order valence-electron chi connectivity index (χ0n) is 7.80. The summed E-state index contributed by atoms with van der Waals surface area (Å²) in [7, 11) is 0. The van der Waals surface area contributed by atoms with Gasteiger partial charge in [0.05, 0.1) is 0 Å². The van der Waals surface area contributed by atoms with Gasteiger partial charge in [-0.3, -0.25) is 0 Å². The van der Waals surface area contributed by atoms with Crippen LogP contribution in [0.4, 0.5) is 22.0 Å². The standard InChI is InChI=1S/C10H7F5O/c11-7(9(12)10(13,14)15)8(16)6-4-2-1-3-5-6/h1-5,8,16H/b9-7-/t8-/m1/s1. The zero-order valence-corrected chi connectivity index (χ0v) is 7.80. The molecule has 0 radical (unpaired) electrons. The summed E-state index contributed by atoms with van der Waals surface area (Å²) in [5, 5.41) is 9.15. The van der Waals surface area contributed by atoms with Crippen LogP contribution in [-0.4, -0.2) is 11.3 Å². The van der Waals surface area contributed by atoms with Gasteiger partial charge in [0.25, 0.3) is 0 Å². The smallest absolute Gasteiger partial charge is 0.381 e. The van der Waals surface area contributed by atoms with E-state index in [0.29, 0.717) is 0 Å². The number of hydrogen-bond acceptors (Lipinski definition) is 1. The summed E-state index contributed by atoms with van der Waals surface area (Å²) < 4.78 is 60.7. The molecule has 1 rings (SSSR count). The SMILES string of the molecule is O[C@@H](/C(F)=C(/F)C(F)(F)F)c1ccccc1. The molecule has 0 unspecified atom stereocenters. The van der Waals surface area contributed by atoms with Crippen LogP contribution in [0.5, 0.6) is 0 Å². The summed E-state index contributed by atoms with van der Waals surface area (Å²) in [4.78, 5) is 0. The van der Waals surface area contributed by atoms with Crippen molar-refractivity contribution >= 4 is 0 Å². The first kappa shape index (κ1) is 12.6. The summed E-state index contributed by atoms with van der Waals surface area (Å²) in [5.74, 6) is -5.15. The number of alkyl halides is 3. The Morgan fingerprint density at radius 3 is 2.00 bits per heavy atom. The van der Waals surface area contributed by atoms with Crippen LogP contribution < -0.4 is 0 Å². The Morgan fingerprint density at radius 1 is 1.06 bits per heavy atom. The molecule has 0 saturated carbocycles. The normalized spacial score (nSPS) is 15.6. The molecule has 0 heterocycles. The third-order valence-electron chi connectivity index (χ3n) is 1.81. The van der Waals surface area contributed by atoms with Crippen LogP contribution in [0.2, 0.25) is 0 Å². The van der Waals surface area contributed by atoms with Crippen molar-refractivity contribution in [1.29, 1.82) is 0 Å². The number of aliphatic hydroxyl groups excluding tert-OH is 1. The molecule has 0 fully saturated rings. The second-order valence-corrected chi connectivity index (χ2v) is 2.97. The summed E-state index contributed by atoms with van der Waals surface area (Å²) in [6, 6.07) is 6.68. The van der Waals surface area contributed by atoms with Gasteiger partial charge in [-0.1, -0.05) is 30.3 Å². The largest absolute Gasteiger partial charge is 0.445 e. The number of allylic oxidation sites excluding steroid dienone is 1. The molecule has 0 amide bonds. The Bertz CT molecular complexity index is 382. The van der Waals surface area contributed by atoms with Gasteiger partial charge in [0.2, 0.25) is 5.83 Å². The van der Waals surface area contributed by atoms with Gasteiger partial charge in [-0.15, -0.1) is 0 Å². The highest BCUT2D eigenvalue weighted by atomic mass is 19.4. The maximum Gasteiger partial charge on any atom is 0.445 e. The van der Waals surface area contributed by atoms with Gasteiger partial charge in [0, 0.05) is 0 Å². The fraction of sp³-hybridized carbons (Fsp3) is 0.200. The summed E-state index contributed by atoms with van der Waals surface area (Å²) in [5.41, 5.74) is -0.153. The quantitative estimate of drug-likeness (QED) is 0.782. The average Bonchev–Trinajstić information content (AvgIpc) is 2.26. The third kappa shape index (κ3) is 2.79. The molecular weight excluding hydrogens is 231 g/mol. The van der Waals surface area contributed by atoms with Crippen molar-refractivity contribution in [2.24, 2.45) is 0 Å². The van der Waals surface area contributed by atoms with Crippen LogP contribution in [-0.2, 0) is 0 Å². The van der Waals surface area contributed by atoms with Gasteiger partial charge in [0.1, 0.15) is 6.10 Å². The average molecular weight is 238 g/mol. The molecule has 0 aliphatic carbocycles. The van der Waals surface area contributed by atoms with Crippen molar-refractivity contribution in [3.05, 3.63) is 47.5 Å². The predicted molar refractivity (Wildman–Crippen MR) is 46.7 cm³/mol. The van der Waals surface area contributed by atoms with Gasteiger partial charge in [0.15, 0.2) is 5.83 Å². The van der Waals surface area contributed by atoms with E-state index in [-0.39, 0.29) is 5.56 Å². The molecule has 6 heteroatoms. The van der Waals surface area contributed by atoms with E-state index in [2.05, 4.69) is 0 Å². The maximum atomic E-state index is 12.9. The summed E-state index contributed by atoms with van der Waals surface area (Å²) >= 11 is 0. The fourth-order valence-corrected chi connectivity index (χ4v) is 1.04. The van der Waals surface area contributed by atoms with Crippen molar-refractivity contribution in [2.45, 2.75) is 12.3 Å². The maximum absolute atomic E-state index is 12.9. The summed E-state index contributed by atoms with van der Waals surface area (Å²) in [6.07, 6.45) is -7.68. The minimum atomic E-state index is -5.43. The lowest BCUT2D eigenvalue weighted by Crippen LogP contribution is -2.12. The van der Waals surface area contributed by atoms with E-state index in [9.17, 15) is 22.0 Å². The Labute approximate surface area is 87.8 Å². The molecule has 16 heavy (non-hydrogen) atoms. The van der Waals surface area contributed by atoms with Crippen molar-refractivity contribution in [2.75, 3.05) is 0 Å². The van der Waals surface area contributed by atoms with Crippen molar-refractivity contribution < 1.29 is 27.1 Å². The number of aliphatic hydroxyl groups is 1. The second-order valence-electron chi connectivity index (χ2n) is 2.97. The van der Waals surface area contributed by atoms with Gasteiger partial charge >= 0.3 is 6.18 Å².